The second-order valence-corrected chi connectivity index (χ2v) is 9.47. The molecule has 0 aliphatic rings. The van der Waals surface area contributed by atoms with E-state index in [1.807, 2.05) is 44.2 Å². The van der Waals surface area contributed by atoms with Crippen LogP contribution in [0.1, 0.15) is 37.0 Å². The van der Waals surface area contributed by atoms with Crippen molar-refractivity contribution in [3.8, 4) is 5.75 Å². The van der Waals surface area contributed by atoms with Crippen LogP contribution in [-0.4, -0.2) is 39.8 Å². The van der Waals surface area contributed by atoms with Gasteiger partial charge in [-0.25, -0.2) is 8.42 Å². The van der Waals surface area contributed by atoms with Gasteiger partial charge < -0.3 is 10.1 Å². The van der Waals surface area contributed by atoms with Gasteiger partial charge in [0.15, 0.2) is 0 Å². The minimum absolute atomic E-state index is 0.282. The minimum atomic E-state index is -3.64. The van der Waals surface area contributed by atoms with Crippen LogP contribution in [0.15, 0.2) is 42.5 Å². The monoisotopic (exact) mass is 432 g/mol. The molecular weight excluding hydrogens is 400 g/mol. The maximum atomic E-state index is 12.6. The number of carbonyl (C=O) groups is 1. The summed E-state index contributed by atoms with van der Waals surface area (Å²) in [7, 11) is -3.64. The van der Waals surface area contributed by atoms with Crippen molar-refractivity contribution in [3.05, 3.63) is 59.2 Å². The molecule has 0 aromatic heterocycles. The molecule has 1 unspecified atom stereocenters. The van der Waals surface area contributed by atoms with E-state index in [-0.39, 0.29) is 12.5 Å². The third-order valence-electron chi connectivity index (χ3n) is 4.68. The van der Waals surface area contributed by atoms with E-state index < -0.39 is 16.1 Å². The number of amides is 1. The first-order chi connectivity index (χ1) is 14.1. The van der Waals surface area contributed by atoms with Crippen molar-refractivity contribution < 1.29 is 17.9 Å². The second-order valence-electron chi connectivity index (χ2n) is 7.61. The van der Waals surface area contributed by atoms with Crippen LogP contribution in [0.3, 0.4) is 0 Å². The van der Waals surface area contributed by atoms with Gasteiger partial charge in [0.25, 0.3) is 0 Å². The van der Waals surface area contributed by atoms with E-state index in [1.54, 1.807) is 19.1 Å². The fourth-order valence-electron chi connectivity index (χ4n) is 3.42. The smallest absolute Gasteiger partial charge is 0.243 e. The van der Waals surface area contributed by atoms with Crippen molar-refractivity contribution in [1.29, 1.82) is 0 Å². The first-order valence-electron chi connectivity index (χ1n) is 10.2. The maximum Gasteiger partial charge on any atom is 0.243 e. The number of aryl methyl sites for hydroxylation is 3. The molecule has 0 bridgehead atoms. The van der Waals surface area contributed by atoms with Gasteiger partial charge in [-0.1, -0.05) is 31.5 Å². The Balaban J connectivity index is 1.97. The van der Waals surface area contributed by atoms with Gasteiger partial charge in [-0.05, 0) is 68.1 Å². The van der Waals surface area contributed by atoms with Gasteiger partial charge in [-0.15, -0.1) is 0 Å². The first-order valence-corrected chi connectivity index (χ1v) is 12.0. The molecule has 164 valence electrons. The van der Waals surface area contributed by atoms with E-state index in [4.69, 9.17) is 4.74 Å². The van der Waals surface area contributed by atoms with Crippen LogP contribution in [-0.2, 0) is 21.2 Å². The van der Waals surface area contributed by atoms with Crippen LogP contribution in [0.5, 0.6) is 5.75 Å². The Kier molecular flexibility index (Phi) is 8.29. The summed E-state index contributed by atoms with van der Waals surface area (Å²) in [6.07, 6.45) is 3.24. The summed E-state index contributed by atoms with van der Waals surface area (Å²) in [6, 6.07) is 12.5. The summed E-state index contributed by atoms with van der Waals surface area (Å²) in [5.74, 6) is 0.367. The van der Waals surface area contributed by atoms with Crippen LogP contribution in [0.2, 0.25) is 0 Å². The number of anilines is 1. The van der Waals surface area contributed by atoms with E-state index in [1.165, 1.54) is 5.56 Å². The number of nitrogens with zero attached hydrogens (tertiary/aromatic N) is 1. The molecule has 2 aromatic carbocycles. The molecular formula is C23H32N2O4S. The number of carbonyl (C=O) groups excluding carboxylic acids is 1. The zero-order chi connectivity index (χ0) is 22.3. The van der Waals surface area contributed by atoms with Gasteiger partial charge in [0.1, 0.15) is 18.4 Å². The van der Waals surface area contributed by atoms with Gasteiger partial charge in [-0.3, -0.25) is 9.10 Å². The Hall–Kier alpha value is -2.54. The topological polar surface area (TPSA) is 75.7 Å². The third-order valence-corrected chi connectivity index (χ3v) is 5.92. The lowest BCUT2D eigenvalue weighted by Crippen LogP contribution is -2.48. The Bertz CT molecular complexity index is 935. The average molecular weight is 433 g/mol. The highest BCUT2D eigenvalue weighted by molar-refractivity contribution is 7.92. The lowest BCUT2D eigenvalue weighted by Gasteiger charge is -2.28. The minimum Gasteiger partial charge on any atom is -0.492 e. The molecule has 0 aliphatic heterocycles. The molecule has 0 saturated heterocycles. The fraction of sp³-hybridized carbons (Fsp3) is 0.435. The molecule has 1 N–H and O–H groups in total. The number of rotatable bonds is 10. The molecule has 7 heteroatoms. The highest BCUT2D eigenvalue weighted by Gasteiger charge is 2.29. The molecule has 30 heavy (non-hydrogen) atoms. The predicted octanol–water partition coefficient (Wildman–Crippen LogP) is 3.61. The first kappa shape index (κ1) is 23.7. The summed E-state index contributed by atoms with van der Waals surface area (Å²) in [4.78, 5) is 12.6. The van der Waals surface area contributed by atoms with Crippen molar-refractivity contribution in [2.24, 2.45) is 0 Å². The van der Waals surface area contributed by atoms with Gasteiger partial charge in [0, 0.05) is 0 Å². The lowest BCUT2D eigenvalue weighted by molar-refractivity contribution is -0.121. The van der Waals surface area contributed by atoms with E-state index in [9.17, 15) is 13.2 Å². The van der Waals surface area contributed by atoms with E-state index >= 15 is 0 Å². The zero-order valence-corrected chi connectivity index (χ0v) is 19.3. The summed E-state index contributed by atoms with van der Waals surface area (Å²) in [5.41, 5.74) is 3.62. The molecule has 0 saturated carbocycles. The number of hydrogen-bond acceptors (Lipinski definition) is 4. The zero-order valence-electron chi connectivity index (χ0n) is 18.4. The van der Waals surface area contributed by atoms with E-state index in [0.29, 0.717) is 12.3 Å². The SMILES string of the molecule is CCCc1ccc(OCCNC(=O)C(C)N(c2cc(C)cc(C)c2)S(C)(=O)=O)cc1. The highest BCUT2D eigenvalue weighted by Crippen LogP contribution is 2.24. The number of ether oxygens (including phenoxy) is 1. The van der Waals surface area contributed by atoms with Gasteiger partial charge in [0.2, 0.25) is 15.9 Å². The number of sulfonamides is 1. The van der Waals surface area contributed by atoms with Crippen molar-refractivity contribution in [2.75, 3.05) is 23.7 Å². The molecule has 2 rings (SSSR count). The van der Waals surface area contributed by atoms with Crippen molar-refractivity contribution in [3.63, 3.8) is 0 Å². The Morgan fingerprint density at radius 3 is 2.23 bits per heavy atom. The molecule has 1 atom stereocenters. The van der Waals surface area contributed by atoms with Crippen LogP contribution in [0.4, 0.5) is 5.69 Å². The fourth-order valence-corrected chi connectivity index (χ4v) is 4.58. The quantitative estimate of drug-likeness (QED) is 0.582. The van der Waals surface area contributed by atoms with Gasteiger partial charge in [0.05, 0.1) is 18.5 Å². The van der Waals surface area contributed by atoms with Gasteiger partial charge in [-0.2, -0.15) is 0 Å². The molecule has 0 heterocycles. The van der Waals surface area contributed by atoms with E-state index in [2.05, 4.69) is 12.2 Å². The molecule has 0 spiro atoms. The van der Waals surface area contributed by atoms with Crippen LogP contribution in [0.25, 0.3) is 0 Å². The molecule has 6 nitrogen and oxygen atoms in total. The summed E-state index contributed by atoms with van der Waals surface area (Å²) < 4.78 is 31.7. The van der Waals surface area contributed by atoms with Crippen LogP contribution >= 0.6 is 0 Å². The number of benzene rings is 2. The highest BCUT2D eigenvalue weighted by atomic mass is 32.2. The molecule has 0 fully saturated rings. The van der Waals surface area contributed by atoms with E-state index in [0.717, 1.165) is 40.3 Å². The van der Waals surface area contributed by atoms with Crippen molar-refractivity contribution >= 4 is 21.6 Å². The van der Waals surface area contributed by atoms with Crippen LogP contribution in [0, 0.1) is 13.8 Å². The molecule has 0 radical (unpaired) electrons. The maximum absolute atomic E-state index is 12.6. The number of hydrogen-bond donors (Lipinski definition) is 1. The van der Waals surface area contributed by atoms with Gasteiger partial charge >= 0.3 is 0 Å². The average Bonchev–Trinajstić information content (AvgIpc) is 2.64. The Morgan fingerprint density at radius 1 is 1.10 bits per heavy atom. The predicted molar refractivity (Wildman–Crippen MR) is 122 cm³/mol. The molecule has 0 aliphatic carbocycles. The van der Waals surface area contributed by atoms with Crippen LogP contribution < -0.4 is 14.4 Å². The second kappa shape index (κ2) is 10.5. The summed E-state index contributed by atoms with van der Waals surface area (Å²) >= 11 is 0. The third kappa shape index (κ3) is 6.76. The number of nitrogens with one attached hydrogen (secondary N) is 1. The molecule has 2 aromatic rings. The van der Waals surface area contributed by atoms with Crippen molar-refractivity contribution in [2.45, 2.75) is 46.6 Å². The van der Waals surface area contributed by atoms with Crippen molar-refractivity contribution in [1.82, 2.24) is 5.32 Å². The lowest BCUT2D eigenvalue weighted by atomic mass is 10.1. The largest absolute Gasteiger partial charge is 0.492 e. The Labute approximate surface area is 180 Å². The molecule has 1 amide bonds. The summed E-state index contributed by atoms with van der Waals surface area (Å²) in [6.45, 7) is 8.10. The normalized spacial score (nSPS) is 12.3. The Morgan fingerprint density at radius 2 is 1.70 bits per heavy atom. The standard InChI is InChI=1S/C23H32N2O4S/c1-6-7-20-8-10-22(11-9-20)29-13-12-24-23(26)19(4)25(30(5,27)28)21-15-17(2)14-18(3)16-21/h8-11,14-16,19H,6-7,12-13H2,1-5H3,(H,24,26). The summed E-state index contributed by atoms with van der Waals surface area (Å²) in [5, 5.41) is 2.77.